The Balaban J connectivity index is 2.25. The van der Waals surface area contributed by atoms with Crippen LogP contribution in [-0.2, 0) is 0 Å². The maximum Gasteiger partial charge on any atom is 0.0150 e. The van der Waals surface area contributed by atoms with E-state index in [4.69, 9.17) is 0 Å². The zero-order chi connectivity index (χ0) is 14.4. The van der Waals surface area contributed by atoms with E-state index in [1.54, 1.807) is 0 Å². The van der Waals surface area contributed by atoms with Crippen LogP contribution in [0.2, 0.25) is 0 Å². The molecule has 1 heteroatoms. The van der Waals surface area contributed by atoms with Crippen molar-refractivity contribution in [2.45, 2.75) is 26.7 Å². The highest BCUT2D eigenvalue weighted by atomic mass is 32.2. The van der Waals surface area contributed by atoms with Crippen LogP contribution in [0.1, 0.15) is 30.9 Å². The van der Waals surface area contributed by atoms with Crippen molar-refractivity contribution in [2.75, 3.05) is 5.75 Å². The standard InChI is InChI=1S/C19H22S/c1-4-20-19(18-12-10-15(2)11-13-18)14-16(3)17-8-6-5-7-9-17/h6,8-14H,3-5,7H2,1-2H3/b19-14-. The summed E-state index contributed by atoms with van der Waals surface area (Å²) in [6, 6.07) is 8.73. The quantitative estimate of drug-likeness (QED) is 0.604. The van der Waals surface area contributed by atoms with Gasteiger partial charge in [0.05, 0.1) is 0 Å². The molecule has 0 nitrogen and oxygen atoms in total. The average molecular weight is 282 g/mol. The molecular weight excluding hydrogens is 260 g/mol. The van der Waals surface area contributed by atoms with E-state index in [-0.39, 0.29) is 0 Å². The predicted molar refractivity (Wildman–Crippen MR) is 92.9 cm³/mol. The van der Waals surface area contributed by atoms with E-state index in [2.05, 4.69) is 69.0 Å². The van der Waals surface area contributed by atoms with Crippen molar-refractivity contribution in [3.8, 4) is 0 Å². The molecule has 0 aromatic heterocycles. The third kappa shape index (κ3) is 4.01. The molecule has 0 heterocycles. The van der Waals surface area contributed by atoms with Crippen molar-refractivity contribution >= 4 is 16.7 Å². The van der Waals surface area contributed by atoms with Gasteiger partial charge in [-0.25, -0.2) is 0 Å². The molecule has 0 aliphatic heterocycles. The van der Waals surface area contributed by atoms with Crippen molar-refractivity contribution in [1.29, 1.82) is 0 Å². The maximum atomic E-state index is 4.23. The average Bonchev–Trinajstić information content (AvgIpc) is 2.48. The number of benzene rings is 1. The third-order valence-electron chi connectivity index (χ3n) is 3.31. The molecule has 1 aliphatic rings. The number of hydrogen-bond donors (Lipinski definition) is 0. The highest BCUT2D eigenvalue weighted by Gasteiger charge is 2.05. The van der Waals surface area contributed by atoms with E-state index in [0.29, 0.717) is 0 Å². The second kappa shape index (κ2) is 7.35. The Morgan fingerprint density at radius 1 is 1.25 bits per heavy atom. The van der Waals surface area contributed by atoms with E-state index in [9.17, 15) is 0 Å². The van der Waals surface area contributed by atoms with E-state index in [0.717, 1.165) is 24.2 Å². The molecule has 0 saturated carbocycles. The molecule has 0 bridgehead atoms. The van der Waals surface area contributed by atoms with Gasteiger partial charge in [-0.05, 0) is 48.3 Å². The van der Waals surface area contributed by atoms with Crippen LogP contribution in [0.15, 0.2) is 66.3 Å². The van der Waals surface area contributed by atoms with Gasteiger partial charge in [0, 0.05) is 4.91 Å². The van der Waals surface area contributed by atoms with Gasteiger partial charge in [0.15, 0.2) is 0 Å². The van der Waals surface area contributed by atoms with Crippen molar-refractivity contribution in [2.24, 2.45) is 0 Å². The maximum absolute atomic E-state index is 4.23. The minimum absolute atomic E-state index is 1.07. The Kier molecular flexibility index (Phi) is 5.49. The van der Waals surface area contributed by atoms with Crippen LogP contribution < -0.4 is 0 Å². The van der Waals surface area contributed by atoms with Crippen LogP contribution in [0.4, 0.5) is 0 Å². The largest absolute Gasteiger partial charge is 0.126 e. The van der Waals surface area contributed by atoms with Gasteiger partial charge in [-0.1, -0.05) is 61.6 Å². The van der Waals surface area contributed by atoms with Gasteiger partial charge >= 0.3 is 0 Å². The number of rotatable bonds is 5. The zero-order valence-electron chi connectivity index (χ0n) is 12.4. The summed E-state index contributed by atoms with van der Waals surface area (Å²) in [6.45, 7) is 8.55. The molecule has 0 amide bonds. The van der Waals surface area contributed by atoms with Crippen molar-refractivity contribution in [3.05, 3.63) is 77.4 Å². The minimum Gasteiger partial charge on any atom is -0.126 e. The molecule has 1 aliphatic carbocycles. The molecule has 0 spiro atoms. The second-order valence-corrected chi connectivity index (χ2v) is 6.28. The van der Waals surface area contributed by atoms with Crippen molar-refractivity contribution in [3.63, 3.8) is 0 Å². The fraction of sp³-hybridized carbons (Fsp3) is 0.263. The summed E-state index contributed by atoms with van der Waals surface area (Å²) in [4.78, 5) is 1.30. The highest BCUT2D eigenvalue weighted by molar-refractivity contribution is 8.08. The first-order chi connectivity index (χ1) is 9.70. The number of aryl methyl sites for hydroxylation is 1. The van der Waals surface area contributed by atoms with Gasteiger partial charge in [0.2, 0.25) is 0 Å². The lowest BCUT2D eigenvalue weighted by molar-refractivity contribution is 1.02. The summed E-state index contributed by atoms with van der Waals surface area (Å²) >= 11 is 1.88. The molecule has 0 atom stereocenters. The van der Waals surface area contributed by atoms with Crippen LogP contribution in [0.5, 0.6) is 0 Å². The fourth-order valence-electron chi connectivity index (χ4n) is 2.17. The molecule has 1 aromatic carbocycles. The lowest BCUT2D eigenvalue weighted by Crippen LogP contribution is -1.89. The van der Waals surface area contributed by atoms with E-state index in [1.165, 1.54) is 21.6 Å². The van der Waals surface area contributed by atoms with Gasteiger partial charge in [0.1, 0.15) is 0 Å². The molecular formula is C19H22S. The van der Waals surface area contributed by atoms with Crippen molar-refractivity contribution < 1.29 is 0 Å². The van der Waals surface area contributed by atoms with Crippen LogP contribution in [-0.4, -0.2) is 5.75 Å². The highest BCUT2D eigenvalue weighted by Crippen LogP contribution is 2.30. The van der Waals surface area contributed by atoms with Crippen LogP contribution in [0.25, 0.3) is 4.91 Å². The molecule has 0 saturated heterocycles. The summed E-state index contributed by atoms with van der Waals surface area (Å²) in [7, 11) is 0. The molecule has 0 radical (unpaired) electrons. The molecule has 104 valence electrons. The van der Waals surface area contributed by atoms with Crippen molar-refractivity contribution in [1.82, 2.24) is 0 Å². The second-order valence-electron chi connectivity index (χ2n) is 4.97. The summed E-state index contributed by atoms with van der Waals surface area (Å²) < 4.78 is 0. The van der Waals surface area contributed by atoms with Gasteiger partial charge in [-0.2, -0.15) is 0 Å². The molecule has 20 heavy (non-hydrogen) atoms. The topological polar surface area (TPSA) is 0 Å². The Bertz CT molecular complexity index is 556. The Labute approximate surface area is 127 Å². The SMILES string of the molecule is C=C(/C=C(\SCC)c1ccc(C)cc1)C1=CCCC=C1. The summed E-state index contributed by atoms with van der Waals surface area (Å²) in [6.07, 6.45) is 11.2. The van der Waals surface area contributed by atoms with Gasteiger partial charge in [-0.15, -0.1) is 11.8 Å². The molecule has 0 fully saturated rings. The summed E-state index contributed by atoms with van der Waals surface area (Å²) in [5.41, 5.74) is 4.95. The number of hydrogen-bond acceptors (Lipinski definition) is 1. The number of allylic oxidation sites excluding steroid dienone is 6. The van der Waals surface area contributed by atoms with Gasteiger partial charge in [0.25, 0.3) is 0 Å². The monoisotopic (exact) mass is 282 g/mol. The Hall–Kier alpha value is -1.47. The molecule has 1 aromatic rings. The summed E-state index contributed by atoms with van der Waals surface area (Å²) in [5, 5.41) is 0. The normalized spacial score (nSPS) is 15.1. The number of thioether (sulfide) groups is 1. The summed E-state index contributed by atoms with van der Waals surface area (Å²) in [5.74, 6) is 1.07. The first-order valence-corrected chi connectivity index (χ1v) is 8.16. The van der Waals surface area contributed by atoms with Gasteiger partial charge < -0.3 is 0 Å². The lowest BCUT2D eigenvalue weighted by atomic mass is 10.00. The van der Waals surface area contributed by atoms with E-state index in [1.807, 2.05) is 11.8 Å². The predicted octanol–water partition coefficient (Wildman–Crippen LogP) is 5.92. The molecule has 0 N–H and O–H groups in total. The minimum atomic E-state index is 1.07. The van der Waals surface area contributed by atoms with E-state index >= 15 is 0 Å². The smallest absolute Gasteiger partial charge is 0.0150 e. The fourth-order valence-corrected chi connectivity index (χ4v) is 3.01. The lowest BCUT2D eigenvalue weighted by Gasteiger charge is -2.11. The van der Waals surface area contributed by atoms with Crippen LogP contribution in [0, 0.1) is 6.92 Å². The van der Waals surface area contributed by atoms with Crippen LogP contribution >= 0.6 is 11.8 Å². The zero-order valence-corrected chi connectivity index (χ0v) is 13.2. The first kappa shape index (κ1) is 14.9. The Morgan fingerprint density at radius 2 is 2.00 bits per heavy atom. The third-order valence-corrected chi connectivity index (χ3v) is 4.26. The Morgan fingerprint density at radius 3 is 2.60 bits per heavy atom. The van der Waals surface area contributed by atoms with E-state index < -0.39 is 0 Å². The van der Waals surface area contributed by atoms with Gasteiger partial charge in [-0.3, -0.25) is 0 Å². The molecule has 0 unspecified atom stereocenters. The molecule has 2 rings (SSSR count). The van der Waals surface area contributed by atoms with Crippen LogP contribution in [0.3, 0.4) is 0 Å². The first-order valence-electron chi connectivity index (χ1n) is 7.18.